The molecule has 1 rings (SSSR count). The van der Waals surface area contributed by atoms with E-state index in [0.29, 0.717) is 18.2 Å². The summed E-state index contributed by atoms with van der Waals surface area (Å²) in [7, 11) is 0. The van der Waals surface area contributed by atoms with Gasteiger partial charge in [0.2, 0.25) is 0 Å². The van der Waals surface area contributed by atoms with Gasteiger partial charge in [-0.2, -0.15) is 0 Å². The number of aliphatic hydroxyl groups excluding tert-OH is 1. The highest BCUT2D eigenvalue weighted by Crippen LogP contribution is 2.16. The molecular formula is C16H25NO3. The van der Waals surface area contributed by atoms with Crippen LogP contribution in [0.25, 0.3) is 0 Å². The van der Waals surface area contributed by atoms with Gasteiger partial charge in [0.1, 0.15) is 5.75 Å². The van der Waals surface area contributed by atoms with Crippen LogP contribution in [0.3, 0.4) is 0 Å². The number of aliphatic hydroxyl groups is 1. The maximum Gasteiger partial charge on any atom is 0.257 e. The lowest BCUT2D eigenvalue weighted by Crippen LogP contribution is -2.33. The molecule has 4 nitrogen and oxygen atoms in total. The summed E-state index contributed by atoms with van der Waals surface area (Å²) in [6.45, 7) is 6.89. The fourth-order valence-electron chi connectivity index (χ4n) is 1.89. The number of hydrogen-bond donors (Lipinski definition) is 2. The molecule has 0 aliphatic rings. The zero-order valence-electron chi connectivity index (χ0n) is 12.6. The van der Waals surface area contributed by atoms with E-state index in [1.807, 2.05) is 32.0 Å². The van der Waals surface area contributed by atoms with E-state index < -0.39 is 0 Å². The Morgan fingerprint density at radius 1 is 1.35 bits per heavy atom. The van der Waals surface area contributed by atoms with Crippen molar-refractivity contribution in [3.8, 4) is 5.75 Å². The molecule has 2 N–H and O–H groups in total. The molecule has 0 spiro atoms. The van der Waals surface area contributed by atoms with Gasteiger partial charge in [-0.1, -0.05) is 19.4 Å². The van der Waals surface area contributed by atoms with Gasteiger partial charge in [-0.05, 0) is 49.4 Å². The first-order chi connectivity index (χ1) is 9.56. The fourth-order valence-corrected chi connectivity index (χ4v) is 1.89. The molecule has 0 fully saturated rings. The smallest absolute Gasteiger partial charge is 0.257 e. The minimum absolute atomic E-state index is 0.0259. The largest absolute Gasteiger partial charge is 0.484 e. The molecule has 0 aromatic heterocycles. The van der Waals surface area contributed by atoms with Gasteiger partial charge in [0.15, 0.2) is 6.61 Å². The molecule has 20 heavy (non-hydrogen) atoms. The number of ether oxygens (including phenoxy) is 1. The van der Waals surface area contributed by atoms with Crippen LogP contribution in [0.5, 0.6) is 5.75 Å². The highest BCUT2D eigenvalue weighted by Gasteiger charge is 2.08. The van der Waals surface area contributed by atoms with E-state index >= 15 is 0 Å². The van der Waals surface area contributed by atoms with Gasteiger partial charge in [0.05, 0.1) is 0 Å². The molecule has 1 unspecified atom stereocenters. The Morgan fingerprint density at radius 2 is 2.10 bits per heavy atom. The van der Waals surface area contributed by atoms with Crippen LogP contribution < -0.4 is 10.1 Å². The van der Waals surface area contributed by atoms with Gasteiger partial charge in [0, 0.05) is 13.2 Å². The molecule has 0 bridgehead atoms. The summed E-state index contributed by atoms with van der Waals surface area (Å²) in [4.78, 5) is 11.7. The van der Waals surface area contributed by atoms with Crippen molar-refractivity contribution < 1.29 is 14.6 Å². The Hall–Kier alpha value is -1.55. The Morgan fingerprint density at radius 3 is 2.70 bits per heavy atom. The first-order valence-corrected chi connectivity index (χ1v) is 7.14. The number of rotatable bonds is 8. The summed E-state index contributed by atoms with van der Waals surface area (Å²) < 4.78 is 5.47. The lowest BCUT2D eigenvalue weighted by molar-refractivity contribution is -0.123. The summed E-state index contributed by atoms with van der Waals surface area (Å²) >= 11 is 0. The maximum absolute atomic E-state index is 11.7. The first kappa shape index (κ1) is 16.5. The van der Waals surface area contributed by atoms with Crippen molar-refractivity contribution in [2.75, 3.05) is 19.8 Å². The Balaban J connectivity index is 2.34. The van der Waals surface area contributed by atoms with Crippen molar-refractivity contribution in [3.63, 3.8) is 0 Å². The molecule has 0 aliphatic carbocycles. The van der Waals surface area contributed by atoms with Gasteiger partial charge in [-0.25, -0.2) is 0 Å². The Labute approximate surface area is 121 Å². The molecule has 0 aliphatic heterocycles. The number of carbonyl (C=O) groups excluding carboxylic acids is 1. The summed E-state index contributed by atoms with van der Waals surface area (Å²) in [6.07, 6.45) is 1.66. The van der Waals surface area contributed by atoms with Crippen molar-refractivity contribution in [3.05, 3.63) is 29.3 Å². The molecule has 1 amide bonds. The van der Waals surface area contributed by atoms with E-state index in [-0.39, 0.29) is 19.1 Å². The number of carbonyl (C=O) groups is 1. The van der Waals surface area contributed by atoms with E-state index in [9.17, 15) is 4.79 Å². The first-order valence-electron chi connectivity index (χ1n) is 7.14. The Kier molecular flexibility index (Phi) is 7.09. The minimum atomic E-state index is -0.125. The third-order valence-electron chi connectivity index (χ3n) is 3.55. The van der Waals surface area contributed by atoms with Crippen LogP contribution in [0.15, 0.2) is 18.2 Å². The quantitative estimate of drug-likeness (QED) is 0.767. The summed E-state index contributed by atoms with van der Waals surface area (Å²) in [5.41, 5.74) is 2.36. The molecule has 1 atom stereocenters. The van der Waals surface area contributed by atoms with Gasteiger partial charge in [-0.15, -0.1) is 0 Å². The second-order valence-electron chi connectivity index (χ2n) is 5.13. The normalized spacial score (nSPS) is 12.0. The lowest BCUT2D eigenvalue weighted by atomic mass is 10.0. The van der Waals surface area contributed by atoms with E-state index in [1.54, 1.807) is 0 Å². The predicted octanol–water partition coefficient (Wildman–Crippen LogP) is 2.21. The SMILES string of the molecule is CCC(CCO)CNC(=O)COc1ccc(C)c(C)c1. The van der Waals surface area contributed by atoms with Crippen molar-refractivity contribution in [2.45, 2.75) is 33.6 Å². The molecule has 0 saturated heterocycles. The van der Waals surface area contributed by atoms with Crippen molar-refractivity contribution >= 4 is 5.91 Å². The fraction of sp³-hybridized carbons (Fsp3) is 0.562. The topological polar surface area (TPSA) is 58.6 Å². The van der Waals surface area contributed by atoms with Gasteiger partial charge in [-0.3, -0.25) is 4.79 Å². The maximum atomic E-state index is 11.7. The molecule has 0 saturated carbocycles. The second kappa shape index (κ2) is 8.59. The van der Waals surface area contributed by atoms with Crippen molar-refractivity contribution in [2.24, 2.45) is 5.92 Å². The molecule has 0 heterocycles. The molecule has 112 valence electrons. The van der Waals surface area contributed by atoms with Crippen LogP contribution >= 0.6 is 0 Å². The van der Waals surface area contributed by atoms with Crippen LogP contribution in [-0.4, -0.2) is 30.8 Å². The summed E-state index contributed by atoms with van der Waals surface area (Å²) in [6, 6.07) is 5.79. The Bertz CT molecular complexity index is 432. The summed E-state index contributed by atoms with van der Waals surface area (Å²) in [5.74, 6) is 0.913. The van der Waals surface area contributed by atoms with E-state index in [4.69, 9.17) is 9.84 Å². The van der Waals surface area contributed by atoms with Gasteiger partial charge >= 0.3 is 0 Å². The van der Waals surface area contributed by atoms with Crippen molar-refractivity contribution in [1.29, 1.82) is 0 Å². The van der Waals surface area contributed by atoms with Gasteiger partial charge < -0.3 is 15.2 Å². The van der Waals surface area contributed by atoms with Crippen molar-refractivity contribution in [1.82, 2.24) is 5.32 Å². The molecule has 1 aromatic carbocycles. The van der Waals surface area contributed by atoms with Crippen LogP contribution in [0, 0.1) is 19.8 Å². The number of hydrogen-bond acceptors (Lipinski definition) is 3. The third-order valence-corrected chi connectivity index (χ3v) is 3.55. The lowest BCUT2D eigenvalue weighted by Gasteiger charge is -2.14. The van der Waals surface area contributed by atoms with Gasteiger partial charge in [0.25, 0.3) is 5.91 Å². The highest BCUT2D eigenvalue weighted by molar-refractivity contribution is 5.77. The standard InChI is InChI=1S/C16H25NO3/c1-4-14(7-8-18)10-17-16(19)11-20-15-6-5-12(2)13(3)9-15/h5-6,9,14,18H,4,7-8,10-11H2,1-3H3,(H,17,19). The monoisotopic (exact) mass is 279 g/mol. The minimum Gasteiger partial charge on any atom is -0.484 e. The summed E-state index contributed by atoms with van der Waals surface area (Å²) in [5, 5.41) is 11.7. The number of amides is 1. The predicted molar refractivity (Wildman–Crippen MR) is 79.9 cm³/mol. The average Bonchev–Trinajstić information content (AvgIpc) is 2.44. The molecule has 4 heteroatoms. The average molecular weight is 279 g/mol. The second-order valence-corrected chi connectivity index (χ2v) is 5.13. The number of aryl methyl sites for hydroxylation is 2. The molecule has 1 aromatic rings. The van der Waals surface area contributed by atoms with Crippen LogP contribution in [0.1, 0.15) is 30.9 Å². The number of nitrogens with one attached hydrogen (secondary N) is 1. The van der Waals surface area contributed by atoms with E-state index in [1.165, 1.54) is 5.56 Å². The van der Waals surface area contributed by atoms with Crippen LogP contribution in [-0.2, 0) is 4.79 Å². The zero-order valence-corrected chi connectivity index (χ0v) is 12.6. The zero-order chi connectivity index (χ0) is 15.0. The van der Waals surface area contributed by atoms with Crippen LogP contribution in [0.4, 0.5) is 0 Å². The number of benzene rings is 1. The highest BCUT2D eigenvalue weighted by atomic mass is 16.5. The van der Waals surface area contributed by atoms with E-state index in [0.717, 1.165) is 18.4 Å². The molecular weight excluding hydrogens is 254 g/mol. The van der Waals surface area contributed by atoms with Crippen LogP contribution in [0.2, 0.25) is 0 Å². The third kappa shape index (κ3) is 5.61. The molecule has 0 radical (unpaired) electrons. The van der Waals surface area contributed by atoms with E-state index in [2.05, 4.69) is 12.2 Å².